The second-order valence-corrected chi connectivity index (χ2v) is 4.29. The minimum atomic E-state index is -0.289. The third-order valence-electron chi connectivity index (χ3n) is 3.21. The summed E-state index contributed by atoms with van der Waals surface area (Å²) in [6.45, 7) is 5.32. The number of aliphatic hydroxyl groups excluding tert-OH is 1. The highest BCUT2D eigenvalue weighted by molar-refractivity contribution is 5.71. The highest BCUT2D eigenvalue weighted by Crippen LogP contribution is 2.22. The lowest BCUT2D eigenvalue weighted by molar-refractivity contribution is -0.145. The van der Waals surface area contributed by atoms with Gasteiger partial charge >= 0.3 is 5.97 Å². The molecule has 94 valence electrons. The van der Waals surface area contributed by atoms with E-state index in [0.717, 1.165) is 32.2 Å². The van der Waals surface area contributed by atoms with Gasteiger partial charge in [-0.3, -0.25) is 9.69 Å². The molecule has 0 heterocycles. The first-order valence-corrected chi connectivity index (χ1v) is 6.26. The van der Waals surface area contributed by atoms with Gasteiger partial charge in [-0.1, -0.05) is 19.8 Å². The van der Waals surface area contributed by atoms with E-state index >= 15 is 0 Å². The molecule has 0 saturated heterocycles. The maximum absolute atomic E-state index is 11.4. The maximum atomic E-state index is 11.4. The molecule has 1 rings (SSSR count). The quantitative estimate of drug-likeness (QED) is 0.719. The summed E-state index contributed by atoms with van der Waals surface area (Å²) in [6, 6.07) is 0.128. The van der Waals surface area contributed by atoms with Gasteiger partial charge in [0, 0.05) is 6.04 Å². The van der Waals surface area contributed by atoms with E-state index in [1.54, 1.807) is 0 Å². The largest absolute Gasteiger partial charge is 0.465 e. The Balaban J connectivity index is 2.48. The van der Waals surface area contributed by atoms with Crippen molar-refractivity contribution in [3.8, 4) is 0 Å². The van der Waals surface area contributed by atoms with Crippen LogP contribution in [0.25, 0.3) is 0 Å². The molecule has 2 unspecified atom stereocenters. The minimum absolute atomic E-state index is 0.128. The molecule has 1 fully saturated rings. The average molecular weight is 229 g/mol. The van der Waals surface area contributed by atoms with Crippen LogP contribution in [0.2, 0.25) is 0 Å². The molecule has 1 aliphatic carbocycles. The monoisotopic (exact) mass is 229 g/mol. The van der Waals surface area contributed by atoms with E-state index in [1.807, 2.05) is 18.7 Å². The second-order valence-electron chi connectivity index (χ2n) is 4.29. The molecule has 0 spiro atoms. The molecule has 0 radical (unpaired) electrons. The summed E-state index contributed by atoms with van der Waals surface area (Å²) in [4.78, 5) is 13.4. The maximum Gasteiger partial charge on any atom is 0.320 e. The van der Waals surface area contributed by atoms with Crippen LogP contribution in [-0.2, 0) is 9.53 Å². The molecule has 16 heavy (non-hydrogen) atoms. The zero-order valence-corrected chi connectivity index (χ0v) is 10.3. The summed E-state index contributed by atoms with van der Waals surface area (Å²) >= 11 is 0. The molecule has 0 bridgehead atoms. The van der Waals surface area contributed by atoms with Crippen molar-refractivity contribution in [2.24, 2.45) is 0 Å². The van der Waals surface area contributed by atoms with Gasteiger partial charge in [-0.15, -0.1) is 0 Å². The van der Waals surface area contributed by atoms with Crippen LogP contribution in [0.1, 0.15) is 39.5 Å². The molecule has 0 aromatic heterocycles. The number of aliphatic hydroxyl groups is 1. The van der Waals surface area contributed by atoms with E-state index in [0.29, 0.717) is 13.2 Å². The predicted octanol–water partition coefficient (Wildman–Crippen LogP) is 1.17. The Kier molecular flexibility index (Phi) is 5.77. The Labute approximate surface area is 97.6 Å². The van der Waals surface area contributed by atoms with Gasteiger partial charge in [-0.05, 0) is 26.3 Å². The third kappa shape index (κ3) is 3.76. The first-order valence-electron chi connectivity index (χ1n) is 6.26. The number of carbonyl (C=O) groups is 1. The Hall–Kier alpha value is -0.610. The van der Waals surface area contributed by atoms with Gasteiger partial charge in [0.2, 0.25) is 0 Å². The Bertz CT molecular complexity index is 220. The number of hydrogen-bond acceptors (Lipinski definition) is 4. The summed E-state index contributed by atoms with van der Waals surface area (Å²) in [5, 5.41) is 9.92. The van der Waals surface area contributed by atoms with Crippen LogP contribution in [-0.4, -0.2) is 47.8 Å². The molecular formula is C12H23NO3. The predicted molar refractivity (Wildman–Crippen MR) is 62.1 cm³/mol. The van der Waals surface area contributed by atoms with Crippen LogP contribution in [0, 0.1) is 0 Å². The number of ether oxygens (including phenoxy) is 1. The molecular weight excluding hydrogens is 206 g/mol. The lowest BCUT2D eigenvalue weighted by Gasteiger charge is -2.36. The van der Waals surface area contributed by atoms with Crippen molar-refractivity contribution in [3.05, 3.63) is 0 Å². The van der Waals surface area contributed by atoms with Crippen molar-refractivity contribution >= 4 is 5.97 Å². The summed E-state index contributed by atoms with van der Waals surface area (Å²) < 4.78 is 4.94. The molecule has 1 aliphatic rings. The van der Waals surface area contributed by atoms with E-state index in [1.165, 1.54) is 0 Å². The van der Waals surface area contributed by atoms with Gasteiger partial charge in [-0.25, -0.2) is 0 Å². The molecule has 1 N–H and O–H groups in total. The van der Waals surface area contributed by atoms with Crippen molar-refractivity contribution < 1.29 is 14.6 Å². The van der Waals surface area contributed by atoms with Crippen LogP contribution in [0.15, 0.2) is 0 Å². The normalized spacial score (nSPS) is 25.8. The van der Waals surface area contributed by atoms with Gasteiger partial charge in [0.15, 0.2) is 0 Å². The van der Waals surface area contributed by atoms with Crippen LogP contribution < -0.4 is 0 Å². The molecule has 0 aliphatic heterocycles. The van der Waals surface area contributed by atoms with Gasteiger partial charge in [-0.2, -0.15) is 0 Å². The SMILES string of the molecule is CCOC(=O)CN(CC)C1CCCCC1O. The summed E-state index contributed by atoms with van der Waals surface area (Å²) in [5.74, 6) is -0.192. The van der Waals surface area contributed by atoms with Crippen molar-refractivity contribution in [3.63, 3.8) is 0 Å². The van der Waals surface area contributed by atoms with E-state index in [4.69, 9.17) is 4.74 Å². The number of nitrogens with zero attached hydrogens (tertiary/aromatic N) is 1. The van der Waals surface area contributed by atoms with Crippen LogP contribution in [0.5, 0.6) is 0 Å². The fraction of sp³-hybridized carbons (Fsp3) is 0.917. The smallest absolute Gasteiger partial charge is 0.320 e. The molecule has 2 atom stereocenters. The summed E-state index contributed by atoms with van der Waals surface area (Å²) in [6.07, 6.45) is 3.77. The molecule has 1 saturated carbocycles. The van der Waals surface area contributed by atoms with Crippen molar-refractivity contribution in [1.29, 1.82) is 0 Å². The zero-order valence-electron chi connectivity index (χ0n) is 10.3. The van der Waals surface area contributed by atoms with E-state index in [-0.39, 0.29) is 18.1 Å². The van der Waals surface area contributed by atoms with Crippen LogP contribution in [0.4, 0.5) is 0 Å². The average Bonchev–Trinajstić information content (AvgIpc) is 2.27. The highest BCUT2D eigenvalue weighted by Gasteiger charge is 2.29. The van der Waals surface area contributed by atoms with Crippen LogP contribution in [0.3, 0.4) is 0 Å². The van der Waals surface area contributed by atoms with E-state index in [9.17, 15) is 9.90 Å². The number of hydrogen-bond donors (Lipinski definition) is 1. The first-order chi connectivity index (χ1) is 7.69. The Morgan fingerprint density at radius 3 is 2.62 bits per heavy atom. The standard InChI is InChI=1S/C12H23NO3/c1-3-13(9-12(15)16-4-2)10-7-5-6-8-11(10)14/h10-11,14H,3-9H2,1-2H3. The fourth-order valence-electron chi connectivity index (χ4n) is 2.35. The fourth-order valence-corrected chi connectivity index (χ4v) is 2.35. The molecule has 0 aromatic rings. The first kappa shape index (κ1) is 13.5. The van der Waals surface area contributed by atoms with Gasteiger partial charge in [0.1, 0.15) is 0 Å². The van der Waals surface area contributed by atoms with Crippen LogP contribution >= 0.6 is 0 Å². The van der Waals surface area contributed by atoms with E-state index in [2.05, 4.69) is 0 Å². The Morgan fingerprint density at radius 2 is 2.06 bits per heavy atom. The number of carbonyl (C=O) groups excluding carboxylic acids is 1. The van der Waals surface area contributed by atoms with Crippen molar-refractivity contribution in [2.45, 2.75) is 51.7 Å². The summed E-state index contributed by atoms with van der Waals surface area (Å²) in [5.41, 5.74) is 0. The minimum Gasteiger partial charge on any atom is -0.465 e. The lowest BCUT2D eigenvalue weighted by Crippen LogP contribution is -2.47. The lowest BCUT2D eigenvalue weighted by atomic mass is 9.91. The Morgan fingerprint density at radius 1 is 1.38 bits per heavy atom. The highest BCUT2D eigenvalue weighted by atomic mass is 16.5. The number of likely N-dealkylation sites (N-methyl/N-ethyl adjacent to an activating group) is 1. The van der Waals surface area contributed by atoms with Crippen molar-refractivity contribution in [1.82, 2.24) is 4.90 Å². The molecule has 4 heteroatoms. The summed E-state index contributed by atoms with van der Waals surface area (Å²) in [7, 11) is 0. The second kappa shape index (κ2) is 6.86. The molecule has 0 aromatic carbocycles. The molecule has 4 nitrogen and oxygen atoms in total. The van der Waals surface area contributed by atoms with Gasteiger partial charge < -0.3 is 9.84 Å². The zero-order chi connectivity index (χ0) is 12.0. The third-order valence-corrected chi connectivity index (χ3v) is 3.21. The number of rotatable bonds is 5. The number of esters is 1. The van der Waals surface area contributed by atoms with Gasteiger partial charge in [0.25, 0.3) is 0 Å². The van der Waals surface area contributed by atoms with Gasteiger partial charge in [0.05, 0.1) is 19.3 Å². The van der Waals surface area contributed by atoms with E-state index < -0.39 is 0 Å². The molecule has 0 amide bonds. The topological polar surface area (TPSA) is 49.8 Å². The van der Waals surface area contributed by atoms with Crippen molar-refractivity contribution in [2.75, 3.05) is 19.7 Å².